The minimum Gasteiger partial charge on any atom is -0.346 e. The second-order valence-electron chi connectivity index (χ2n) is 5.19. The fourth-order valence-electron chi connectivity index (χ4n) is 2.15. The van der Waals surface area contributed by atoms with Crippen LogP contribution >= 0.6 is 0 Å². The van der Waals surface area contributed by atoms with Crippen molar-refractivity contribution in [1.29, 1.82) is 0 Å². The molecule has 0 aromatic rings. The molecule has 1 rings (SSSR count). The van der Waals surface area contributed by atoms with Gasteiger partial charge >= 0.3 is 23.9 Å². The maximum atomic E-state index is 13.9. The normalized spacial score (nSPS) is 27.5. The van der Waals surface area contributed by atoms with Crippen molar-refractivity contribution in [3.63, 3.8) is 0 Å². The number of carbonyl (C=O) groups is 1. The smallest absolute Gasteiger partial charge is 0.346 e. The van der Waals surface area contributed by atoms with Crippen LogP contribution in [0.5, 0.6) is 0 Å². The quantitative estimate of drug-likeness (QED) is 0.685. The highest BCUT2D eigenvalue weighted by Crippen LogP contribution is 2.56. The van der Waals surface area contributed by atoms with Gasteiger partial charge in [-0.1, -0.05) is 0 Å². The summed E-state index contributed by atoms with van der Waals surface area (Å²) in [5.41, 5.74) is 0. The lowest BCUT2D eigenvalue weighted by Gasteiger charge is -2.41. The minimum absolute atomic E-state index is 0.267. The molecule has 142 valence electrons. The molecular weight excluding hydrogens is 363 g/mol. The van der Waals surface area contributed by atoms with Crippen LogP contribution in [0.15, 0.2) is 0 Å². The Morgan fingerprint density at radius 3 is 1.96 bits per heavy atom. The summed E-state index contributed by atoms with van der Waals surface area (Å²) >= 11 is 0. The zero-order chi connectivity index (χ0) is 19.1. The molecule has 0 N–H and O–H groups in total. The van der Waals surface area contributed by atoms with Crippen LogP contribution in [0.2, 0.25) is 0 Å². The van der Waals surface area contributed by atoms with E-state index in [2.05, 4.69) is 4.74 Å². The number of rotatable bonds is 5. The van der Waals surface area contributed by atoms with Crippen LogP contribution in [0.3, 0.4) is 0 Å². The summed E-state index contributed by atoms with van der Waals surface area (Å²) in [5, 5.41) is 0. The van der Waals surface area contributed by atoms with Gasteiger partial charge in [-0.25, -0.2) is 0 Å². The highest BCUT2D eigenvalue weighted by molar-refractivity contribution is 5.86. The van der Waals surface area contributed by atoms with Gasteiger partial charge in [0.1, 0.15) is 0 Å². The number of ether oxygens (including phenoxy) is 2. The average molecular weight is 376 g/mol. The Morgan fingerprint density at radius 2 is 1.54 bits per heavy atom. The minimum atomic E-state index is -7.04. The molecule has 1 aliphatic heterocycles. The summed E-state index contributed by atoms with van der Waals surface area (Å²) in [6.07, 6.45) is -11.5. The Bertz CT molecular complexity index is 475. The first-order valence-electron chi connectivity index (χ1n) is 6.62. The molecular formula is C12H13F9O3. The molecule has 0 aliphatic carbocycles. The number of Topliss-reactive ketones (excluding diaryl/α,β-unsaturated/α-hetero) is 1. The first kappa shape index (κ1) is 21.0. The van der Waals surface area contributed by atoms with Gasteiger partial charge in [0.2, 0.25) is 6.29 Å². The second-order valence-corrected chi connectivity index (χ2v) is 5.19. The van der Waals surface area contributed by atoms with Crippen LogP contribution in [-0.4, -0.2) is 48.7 Å². The van der Waals surface area contributed by atoms with E-state index >= 15 is 0 Å². The van der Waals surface area contributed by atoms with Gasteiger partial charge in [0.05, 0.1) is 12.0 Å². The fourth-order valence-corrected chi connectivity index (χ4v) is 2.15. The predicted octanol–water partition coefficient (Wildman–Crippen LogP) is 3.81. The van der Waals surface area contributed by atoms with Gasteiger partial charge in [0.15, 0.2) is 5.78 Å². The van der Waals surface area contributed by atoms with Crippen molar-refractivity contribution in [3.05, 3.63) is 0 Å². The highest BCUT2D eigenvalue weighted by atomic mass is 19.4. The molecule has 0 radical (unpaired) electrons. The summed E-state index contributed by atoms with van der Waals surface area (Å²) in [6.45, 7) is 2.09. The molecule has 0 amide bonds. The molecule has 1 aliphatic rings. The molecule has 1 heterocycles. The van der Waals surface area contributed by atoms with E-state index in [0.29, 0.717) is 0 Å². The van der Waals surface area contributed by atoms with E-state index in [1.54, 1.807) is 0 Å². The molecule has 0 saturated carbocycles. The molecule has 0 aromatic heterocycles. The lowest BCUT2D eigenvalue weighted by molar-refractivity contribution is -0.403. The zero-order valence-corrected chi connectivity index (χ0v) is 12.3. The number of hydrogen-bond acceptors (Lipinski definition) is 3. The monoisotopic (exact) mass is 376 g/mol. The molecule has 12 heteroatoms. The third-order valence-corrected chi connectivity index (χ3v) is 3.42. The molecule has 1 saturated heterocycles. The Labute approximate surface area is 130 Å². The molecule has 3 nitrogen and oxygen atoms in total. The van der Waals surface area contributed by atoms with Crippen LogP contribution in [0, 0.1) is 5.92 Å². The summed E-state index contributed by atoms with van der Waals surface area (Å²) in [4.78, 5) is 11.7. The maximum Gasteiger partial charge on any atom is 0.460 e. The van der Waals surface area contributed by atoms with Crippen molar-refractivity contribution in [2.45, 2.75) is 56.6 Å². The van der Waals surface area contributed by atoms with E-state index in [0.717, 1.165) is 6.92 Å². The molecule has 0 unspecified atom stereocenters. The van der Waals surface area contributed by atoms with Gasteiger partial charge in [-0.15, -0.1) is 0 Å². The predicted molar refractivity (Wildman–Crippen MR) is 60.0 cm³/mol. The first-order chi connectivity index (χ1) is 10.6. The van der Waals surface area contributed by atoms with E-state index < -0.39 is 54.5 Å². The second kappa shape index (κ2) is 6.36. The van der Waals surface area contributed by atoms with E-state index in [1.807, 2.05) is 0 Å². The number of halogens is 9. The first-order valence-corrected chi connectivity index (χ1v) is 6.62. The molecule has 24 heavy (non-hydrogen) atoms. The van der Waals surface area contributed by atoms with Crippen molar-refractivity contribution in [1.82, 2.24) is 0 Å². The highest BCUT2D eigenvalue weighted by Gasteiger charge is 2.83. The van der Waals surface area contributed by atoms with Crippen molar-refractivity contribution < 1.29 is 53.8 Å². The fraction of sp³-hybridized carbons (Fsp3) is 0.917. The standard InChI is InChI=1S/C12H13F9O3/c1-3-23-8-7(22)6(4-5(2)24-8)9(13,14)10(15,16)11(17,18)12(19,20)21/h5-6,8H,3-4H2,1-2H3/t5-,6+,8-/m1/s1. The Kier molecular flexibility index (Phi) is 5.56. The van der Waals surface area contributed by atoms with E-state index in [1.165, 1.54) is 6.92 Å². The third-order valence-electron chi connectivity index (χ3n) is 3.42. The Morgan fingerprint density at radius 1 is 1.04 bits per heavy atom. The van der Waals surface area contributed by atoms with Gasteiger partial charge in [0.25, 0.3) is 0 Å². The van der Waals surface area contributed by atoms with Crippen molar-refractivity contribution in [2.24, 2.45) is 5.92 Å². The van der Waals surface area contributed by atoms with E-state index in [-0.39, 0.29) is 6.61 Å². The Balaban J connectivity index is 3.28. The largest absolute Gasteiger partial charge is 0.460 e. The average Bonchev–Trinajstić information content (AvgIpc) is 2.40. The van der Waals surface area contributed by atoms with Crippen molar-refractivity contribution in [3.8, 4) is 0 Å². The van der Waals surface area contributed by atoms with Gasteiger partial charge in [-0.3, -0.25) is 4.79 Å². The van der Waals surface area contributed by atoms with Gasteiger partial charge in [-0.2, -0.15) is 39.5 Å². The van der Waals surface area contributed by atoms with E-state index in [9.17, 15) is 44.3 Å². The molecule has 0 aromatic carbocycles. The maximum absolute atomic E-state index is 13.9. The van der Waals surface area contributed by atoms with E-state index in [4.69, 9.17) is 4.74 Å². The summed E-state index contributed by atoms with van der Waals surface area (Å²) < 4.78 is 126. The zero-order valence-electron chi connectivity index (χ0n) is 12.3. The van der Waals surface area contributed by atoms with Crippen LogP contribution in [0.25, 0.3) is 0 Å². The van der Waals surface area contributed by atoms with Crippen LogP contribution in [0.1, 0.15) is 20.3 Å². The van der Waals surface area contributed by atoms with Gasteiger partial charge in [0, 0.05) is 6.61 Å². The van der Waals surface area contributed by atoms with Crippen LogP contribution in [-0.2, 0) is 14.3 Å². The number of ketones is 1. The van der Waals surface area contributed by atoms with Gasteiger partial charge < -0.3 is 9.47 Å². The molecule has 3 atom stereocenters. The van der Waals surface area contributed by atoms with Crippen molar-refractivity contribution >= 4 is 5.78 Å². The molecule has 0 spiro atoms. The summed E-state index contributed by atoms with van der Waals surface area (Å²) in [6, 6.07) is 0. The topological polar surface area (TPSA) is 35.5 Å². The lowest BCUT2D eigenvalue weighted by atomic mass is 9.83. The summed E-state index contributed by atoms with van der Waals surface area (Å²) in [5.74, 6) is -24.8. The molecule has 1 fully saturated rings. The lowest BCUT2D eigenvalue weighted by Crippen LogP contribution is -2.65. The Hall–Kier alpha value is -1.04. The third kappa shape index (κ3) is 3.22. The number of carbonyl (C=O) groups excluding carboxylic acids is 1. The number of hydrogen-bond donors (Lipinski definition) is 0. The van der Waals surface area contributed by atoms with Crippen LogP contribution < -0.4 is 0 Å². The number of alkyl halides is 9. The SMILES string of the molecule is CCO[C@@H]1O[C@H](C)C[C@H](C(F)(F)C(F)(F)C(F)(F)C(F)(F)F)C1=O. The van der Waals surface area contributed by atoms with Gasteiger partial charge in [-0.05, 0) is 20.3 Å². The summed E-state index contributed by atoms with van der Waals surface area (Å²) in [7, 11) is 0. The van der Waals surface area contributed by atoms with Crippen LogP contribution in [0.4, 0.5) is 39.5 Å². The molecule has 0 bridgehead atoms. The van der Waals surface area contributed by atoms with Crippen molar-refractivity contribution in [2.75, 3.05) is 6.61 Å².